The van der Waals surface area contributed by atoms with Crippen molar-refractivity contribution in [1.82, 2.24) is 0 Å². The van der Waals surface area contributed by atoms with Crippen LogP contribution in [-0.4, -0.2) is 22.8 Å². The van der Waals surface area contributed by atoms with E-state index in [4.69, 9.17) is 15.9 Å². The van der Waals surface area contributed by atoms with Crippen molar-refractivity contribution < 1.29 is 28.2 Å². The summed E-state index contributed by atoms with van der Waals surface area (Å²) >= 11 is 0. The van der Waals surface area contributed by atoms with Gasteiger partial charge in [0.05, 0.1) is 11.1 Å². The first-order valence-electron chi connectivity index (χ1n) is 5.08. The number of aliphatic hydroxyl groups excluding tert-OH is 1. The minimum atomic E-state index is -4.69. The van der Waals surface area contributed by atoms with Crippen LogP contribution in [0.25, 0.3) is 0 Å². The molecule has 1 rings (SSSR count). The van der Waals surface area contributed by atoms with E-state index in [1.54, 1.807) is 0 Å². The Hall–Kier alpha value is -1.60. The van der Waals surface area contributed by atoms with Gasteiger partial charge in [0.1, 0.15) is 0 Å². The molecular formula is C11H12F3NO3. The summed E-state index contributed by atoms with van der Waals surface area (Å²) in [5.41, 5.74) is 3.76. The molecule has 1 aromatic carbocycles. The van der Waals surface area contributed by atoms with E-state index < -0.39 is 29.3 Å². The van der Waals surface area contributed by atoms with Crippen molar-refractivity contribution in [3.05, 3.63) is 34.9 Å². The summed E-state index contributed by atoms with van der Waals surface area (Å²) in [6.45, 7) is -0.348. The summed E-state index contributed by atoms with van der Waals surface area (Å²) < 4.78 is 38.3. The normalized spacial score (nSPS) is 13.4. The van der Waals surface area contributed by atoms with Crippen molar-refractivity contribution in [2.24, 2.45) is 5.73 Å². The van der Waals surface area contributed by atoms with Crippen LogP contribution in [0, 0.1) is 0 Å². The molecule has 0 aliphatic rings. The molecule has 0 bridgehead atoms. The van der Waals surface area contributed by atoms with Gasteiger partial charge >= 0.3 is 12.1 Å². The molecule has 0 spiro atoms. The molecule has 100 valence electrons. The van der Waals surface area contributed by atoms with Gasteiger partial charge in [0.2, 0.25) is 0 Å². The fraction of sp³-hybridized carbons (Fsp3) is 0.364. The first-order valence-corrected chi connectivity index (χ1v) is 5.08. The number of benzene rings is 1. The van der Waals surface area contributed by atoms with E-state index in [1.165, 1.54) is 0 Å². The van der Waals surface area contributed by atoms with Gasteiger partial charge in [0.15, 0.2) is 0 Å². The minimum absolute atomic E-state index is 0.0322. The molecule has 18 heavy (non-hydrogen) atoms. The lowest BCUT2D eigenvalue weighted by atomic mass is 9.96. The van der Waals surface area contributed by atoms with E-state index in [0.29, 0.717) is 6.07 Å². The van der Waals surface area contributed by atoms with Gasteiger partial charge in [-0.3, -0.25) is 0 Å². The fourth-order valence-corrected chi connectivity index (χ4v) is 1.55. The van der Waals surface area contributed by atoms with Gasteiger partial charge < -0.3 is 15.9 Å². The first-order chi connectivity index (χ1) is 8.27. The fourth-order valence-electron chi connectivity index (χ4n) is 1.55. The van der Waals surface area contributed by atoms with Crippen LogP contribution in [0.15, 0.2) is 18.2 Å². The summed E-state index contributed by atoms with van der Waals surface area (Å²) in [4.78, 5) is 10.6. The highest BCUT2D eigenvalue weighted by Gasteiger charge is 2.35. The standard InChI is InChI=1S/C11H12F3NO3/c12-11(13,14)8-5-6(10(17)18)1-2-7(8)9(15)3-4-16/h1-2,5,9,16H,3-4,15H2,(H,17,18)/t9-/m1/s1. The van der Waals surface area contributed by atoms with Gasteiger partial charge in [-0.25, -0.2) is 4.79 Å². The molecule has 1 aromatic rings. The van der Waals surface area contributed by atoms with Crippen LogP contribution in [-0.2, 0) is 6.18 Å². The summed E-state index contributed by atoms with van der Waals surface area (Å²) in [7, 11) is 0. The van der Waals surface area contributed by atoms with Crippen LogP contribution in [0.2, 0.25) is 0 Å². The molecule has 0 radical (unpaired) electrons. The van der Waals surface area contributed by atoms with E-state index in [9.17, 15) is 18.0 Å². The molecule has 0 saturated heterocycles. The number of aliphatic hydroxyl groups is 1. The lowest BCUT2D eigenvalue weighted by molar-refractivity contribution is -0.138. The molecule has 0 saturated carbocycles. The highest BCUT2D eigenvalue weighted by Crippen LogP contribution is 2.35. The highest BCUT2D eigenvalue weighted by molar-refractivity contribution is 5.88. The number of nitrogens with two attached hydrogens (primary N) is 1. The Balaban J connectivity index is 3.30. The monoisotopic (exact) mass is 263 g/mol. The topological polar surface area (TPSA) is 83.5 Å². The van der Waals surface area contributed by atoms with Crippen LogP contribution < -0.4 is 5.73 Å². The molecule has 1 atom stereocenters. The van der Waals surface area contributed by atoms with Crippen molar-refractivity contribution in [2.75, 3.05) is 6.61 Å². The van der Waals surface area contributed by atoms with Gasteiger partial charge in [0.25, 0.3) is 0 Å². The minimum Gasteiger partial charge on any atom is -0.478 e. The molecule has 4 nitrogen and oxygen atoms in total. The average Bonchev–Trinajstić information content (AvgIpc) is 2.27. The number of rotatable bonds is 4. The van der Waals surface area contributed by atoms with Gasteiger partial charge in [-0.1, -0.05) is 6.07 Å². The lowest BCUT2D eigenvalue weighted by Gasteiger charge is -2.18. The van der Waals surface area contributed by atoms with Gasteiger partial charge in [-0.05, 0) is 24.1 Å². The Bertz CT molecular complexity index is 446. The van der Waals surface area contributed by atoms with E-state index in [1.807, 2.05) is 0 Å². The maximum atomic E-state index is 12.8. The average molecular weight is 263 g/mol. The molecule has 0 heterocycles. The molecule has 0 aliphatic heterocycles. The number of halogens is 3. The molecule has 7 heteroatoms. The third-order valence-electron chi connectivity index (χ3n) is 2.45. The van der Waals surface area contributed by atoms with Gasteiger partial charge in [0, 0.05) is 12.6 Å². The number of hydrogen-bond donors (Lipinski definition) is 3. The Morgan fingerprint density at radius 2 is 2.00 bits per heavy atom. The first kappa shape index (κ1) is 14.5. The predicted octanol–water partition coefficient (Wildman–Crippen LogP) is 1.79. The Labute approximate surface area is 101 Å². The predicted molar refractivity (Wildman–Crippen MR) is 57.0 cm³/mol. The van der Waals surface area contributed by atoms with Crippen LogP contribution >= 0.6 is 0 Å². The second-order valence-corrected chi connectivity index (χ2v) is 3.72. The third-order valence-corrected chi connectivity index (χ3v) is 2.45. The zero-order valence-corrected chi connectivity index (χ0v) is 9.24. The Kier molecular flexibility index (Phi) is 4.31. The lowest BCUT2D eigenvalue weighted by Crippen LogP contribution is -2.19. The summed E-state index contributed by atoms with van der Waals surface area (Å²) in [5.74, 6) is -1.44. The van der Waals surface area contributed by atoms with E-state index in [0.717, 1.165) is 12.1 Å². The number of alkyl halides is 3. The maximum absolute atomic E-state index is 12.8. The van der Waals surface area contributed by atoms with Gasteiger partial charge in [-0.2, -0.15) is 13.2 Å². The summed E-state index contributed by atoms with van der Waals surface area (Å²) in [5, 5.41) is 17.3. The van der Waals surface area contributed by atoms with Crippen molar-refractivity contribution in [2.45, 2.75) is 18.6 Å². The van der Waals surface area contributed by atoms with Crippen LogP contribution in [0.3, 0.4) is 0 Å². The molecule has 0 aliphatic carbocycles. The zero-order chi connectivity index (χ0) is 13.9. The summed E-state index contributed by atoms with van der Waals surface area (Å²) in [6, 6.07) is 1.65. The Morgan fingerprint density at radius 1 is 1.39 bits per heavy atom. The van der Waals surface area contributed by atoms with Crippen LogP contribution in [0.5, 0.6) is 0 Å². The number of carboxylic acid groups (broad SMARTS) is 1. The van der Waals surface area contributed by atoms with Gasteiger partial charge in [-0.15, -0.1) is 0 Å². The van der Waals surface area contributed by atoms with Crippen molar-refractivity contribution >= 4 is 5.97 Å². The smallest absolute Gasteiger partial charge is 0.416 e. The zero-order valence-electron chi connectivity index (χ0n) is 9.24. The SMILES string of the molecule is N[C@H](CCO)c1ccc(C(=O)O)cc1C(F)(F)F. The number of carbonyl (C=O) groups is 1. The Morgan fingerprint density at radius 3 is 2.44 bits per heavy atom. The number of aromatic carboxylic acids is 1. The molecule has 4 N–H and O–H groups in total. The maximum Gasteiger partial charge on any atom is 0.416 e. The second-order valence-electron chi connectivity index (χ2n) is 3.72. The highest BCUT2D eigenvalue weighted by atomic mass is 19.4. The molecular weight excluding hydrogens is 251 g/mol. The van der Waals surface area contributed by atoms with E-state index >= 15 is 0 Å². The second kappa shape index (κ2) is 5.36. The molecule has 0 amide bonds. The van der Waals surface area contributed by atoms with E-state index in [-0.39, 0.29) is 18.6 Å². The van der Waals surface area contributed by atoms with Crippen molar-refractivity contribution in [3.63, 3.8) is 0 Å². The van der Waals surface area contributed by atoms with Crippen LogP contribution in [0.4, 0.5) is 13.2 Å². The largest absolute Gasteiger partial charge is 0.478 e. The summed E-state index contributed by atoms with van der Waals surface area (Å²) in [6.07, 6.45) is -4.72. The quantitative estimate of drug-likeness (QED) is 0.773. The third kappa shape index (κ3) is 3.21. The molecule has 0 aromatic heterocycles. The number of hydrogen-bond acceptors (Lipinski definition) is 3. The van der Waals surface area contributed by atoms with E-state index in [2.05, 4.69) is 0 Å². The molecule has 0 unspecified atom stereocenters. The van der Waals surface area contributed by atoms with Crippen LogP contribution in [0.1, 0.15) is 33.9 Å². The number of carboxylic acids is 1. The molecule has 0 fully saturated rings. The van der Waals surface area contributed by atoms with Crippen molar-refractivity contribution in [1.29, 1.82) is 0 Å². The van der Waals surface area contributed by atoms with Crippen molar-refractivity contribution in [3.8, 4) is 0 Å².